The number of ether oxygens (including phenoxy) is 2. The van der Waals surface area contributed by atoms with Gasteiger partial charge in [-0.2, -0.15) is 0 Å². The van der Waals surface area contributed by atoms with E-state index >= 15 is 0 Å². The Morgan fingerprint density at radius 3 is 2.75 bits per heavy atom. The smallest absolute Gasteiger partial charge is 0.382 e. The van der Waals surface area contributed by atoms with E-state index in [1.807, 2.05) is 6.92 Å². The SMILES string of the molecule is CCCc1cc(O)c(OCCOC)c(=O)o1. The van der Waals surface area contributed by atoms with E-state index in [1.165, 1.54) is 13.2 Å². The predicted molar refractivity (Wildman–Crippen MR) is 58.0 cm³/mol. The second kappa shape index (κ2) is 6.17. The van der Waals surface area contributed by atoms with Crippen LogP contribution in [0.1, 0.15) is 19.1 Å². The number of rotatable bonds is 6. The Morgan fingerprint density at radius 1 is 1.44 bits per heavy atom. The first-order chi connectivity index (χ1) is 7.69. The molecule has 0 unspecified atom stereocenters. The van der Waals surface area contributed by atoms with E-state index < -0.39 is 5.63 Å². The molecule has 1 heterocycles. The molecule has 0 aliphatic carbocycles. The Labute approximate surface area is 93.6 Å². The molecule has 0 bridgehead atoms. The van der Waals surface area contributed by atoms with Gasteiger partial charge in [0.25, 0.3) is 0 Å². The minimum Gasteiger partial charge on any atom is -0.504 e. The van der Waals surface area contributed by atoms with Crippen LogP contribution in [-0.2, 0) is 11.2 Å². The van der Waals surface area contributed by atoms with Gasteiger partial charge in [0.15, 0.2) is 5.75 Å². The second-order valence-electron chi connectivity index (χ2n) is 3.31. The molecule has 5 nitrogen and oxygen atoms in total. The van der Waals surface area contributed by atoms with E-state index in [4.69, 9.17) is 13.9 Å². The summed E-state index contributed by atoms with van der Waals surface area (Å²) in [6.07, 6.45) is 1.45. The fourth-order valence-electron chi connectivity index (χ4n) is 1.25. The van der Waals surface area contributed by atoms with Crippen molar-refractivity contribution in [1.82, 2.24) is 0 Å². The molecule has 0 saturated heterocycles. The van der Waals surface area contributed by atoms with Crippen molar-refractivity contribution in [3.63, 3.8) is 0 Å². The van der Waals surface area contributed by atoms with Crippen molar-refractivity contribution in [2.75, 3.05) is 20.3 Å². The molecular formula is C11H16O5. The van der Waals surface area contributed by atoms with Gasteiger partial charge < -0.3 is 19.0 Å². The van der Waals surface area contributed by atoms with Crippen LogP contribution in [-0.4, -0.2) is 25.4 Å². The van der Waals surface area contributed by atoms with Gasteiger partial charge in [-0.15, -0.1) is 0 Å². The van der Waals surface area contributed by atoms with Crippen LogP contribution in [0.25, 0.3) is 0 Å². The van der Waals surface area contributed by atoms with E-state index in [2.05, 4.69) is 0 Å². The van der Waals surface area contributed by atoms with Crippen molar-refractivity contribution in [3.05, 3.63) is 22.2 Å². The minimum atomic E-state index is -0.653. The van der Waals surface area contributed by atoms with Gasteiger partial charge >= 0.3 is 5.63 Å². The van der Waals surface area contributed by atoms with Crippen molar-refractivity contribution in [2.45, 2.75) is 19.8 Å². The molecule has 0 radical (unpaired) electrons. The topological polar surface area (TPSA) is 68.9 Å². The molecular weight excluding hydrogens is 212 g/mol. The highest BCUT2D eigenvalue weighted by atomic mass is 16.5. The van der Waals surface area contributed by atoms with Crippen LogP contribution in [0.5, 0.6) is 11.5 Å². The Bertz CT molecular complexity index is 382. The lowest BCUT2D eigenvalue weighted by atomic mass is 10.2. The van der Waals surface area contributed by atoms with E-state index in [-0.39, 0.29) is 18.1 Å². The molecule has 0 spiro atoms. The average molecular weight is 228 g/mol. The van der Waals surface area contributed by atoms with Crippen molar-refractivity contribution >= 4 is 0 Å². The summed E-state index contributed by atoms with van der Waals surface area (Å²) in [5, 5.41) is 9.57. The third kappa shape index (κ3) is 3.27. The summed E-state index contributed by atoms with van der Waals surface area (Å²) < 4.78 is 14.8. The lowest BCUT2D eigenvalue weighted by Crippen LogP contribution is -2.12. The summed E-state index contributed by atoms with van der Waals surface area (Å²) >= 11 is 0. The molecule has 0 fully saturated rings. The van der Waals surface area contributed by atoms with Gasteiger partial charge in [-0.05, 0) is 6.42 Å². The van der Waals surface area contributed by atoms with Crippen molar-refractivity contribution in [2.24, 2.45) is 0 Å². The van der Waals surface area contributed by atoms with Crippen molar-refractivity contribution < 1.29 is 19.0 Å². The molecule has 0 aromatic carbocycles. The van der Waals surface area contributed by atoms with Crippen LogP contribution in [0.3, 0.4) is 0 Å². The highest BCUT2D eigenvalue weighted by Gasteiger charge is 2.11. The third-order valence-corrected chi connectivity index (χ3v) is 1.97. The number of hydrogen-bond acceptors (Lipinski definition) is 5. The third-order valence-electron chi connectivity index (χ3n) is 1.97. The van der Waals surface area contributed by atoms with Crippen LogP contribution in [0.4, 0.5) is 0 Å². The average Bonchev–Trinajstić information content (AvgIpc) is 2.23. The van der Waals surface area contributed by atoms with Gasteiger partial charge in [0.1, 0.15) is 12.4 Å². The van der Waals surface area contributed by atoms with E-state index in [0.29, 0.717) is 18.8 Å². The molecule has 1 N–H and O–H groups in total. The van der Waals surface area contributed by atoms with E-state index in [9.17, 15) is 9.90 Å². The molecule has 0 aliphatic rings. The monoisotopic (exact) mass is 228 g/mol. The lowest BCUT2D eigenvalue weighted by Gasteiger charge is -2.06. The first-order valence-electron chi connectivity index (χ1n) is 5.16. The molecule has 1 rings (SSSR count). The highest BCUT2D eigenvalue weighted by molar-refractivity contribution is 5.35. The standard InChI is InChI=1S/C11H16O5/c1-3-4-8-7-9(12)10(11(13)16-8)15-6-5-14-2/h7,12H,3-6H2,1-2H3. The number of aryl methyl sites for hydroxylation is 1. The van der Waals surface area contributed by atoms with Crippen molar-refractivity contribution in [3.8, 4) is 11.5 Å². The van der Waals surface area contributed by atoms with E-state index in [0.717, 1.165) is 6.42 Å². The normalized spacial score (nSPS) is 10.4. The van der Waals surface area contributed by atoms with Gasteiger partial charge in [-0.3, -0.25) is 0 Å². The number of hydrogen-bond donors (Lipinski definition) is 1. The Hall–Kier alpha value is -1.49. The van der Waals surface area contributed by atoms with Gasteiger partial charge in [0.2, 0.25) is 5.75 Å². The number of aromatic hydroxyl groups is 1. The summed E-state index contributed by atoms with van der Waals surface area (Å²) in [6.45, 7) is 2.50. The van der Waals surface area contributed by atoms with Gasteiger partial charge in [0.05, 0.1) is 6.61 Å². The maximum Gasteiger partial charge on any atom is 0.382 e. The van der Waals surface area contributed by atoms with Crippen LogP contribution in [0.15, 0.2) is 15.3 Å². The van der Waals surface area contributed by atoms with Crippen LogP contribution >= 0.6 is 0 Å². The minimum absolute atomic E-state index is 0.156. The van der Waals surface area contributed by atoms with Crippen LogP contribution in [0.2, 0.25) is 0 Å². The summed E-state index contributed by atoms with van der Waals surface area (Å²) in [7, 11) is 1.52. The molecule has 0 saturated carbocycles. The molecule has 5 heteroatoms. The second-order valence-corrected chi connectivity index (χ2v) is 3.31. The zero-order valence-electron chi connectivity index (χ0n) is 9.49. The number of methoxy groups -OCH3 is 1. The Balaban J connectivity index is 2.81. The van der Waals surface area contributed by atoms with Gasteiger partial charge in [-0.25, -0.2) is 4.79 Å². The Morgan fingerprint density at radius 2 is 2.19 bits per heavy atom. The maximum atomic E-state index is 11.4. The van der Waals surface area contributed by atoms with Crippen LogP contribution in [0, 0.1) is 0 Å². The largest absolute Gasteiger partial charge is 0.504 e. The summed E-state index contributed by atoms with van der Waals surface area (Å²) in [5.41, 5.74) is -0.653. The molecule has 16 heavy (non-hydrogen) atoms. The van der Waals surface area contributed by atoms with Crippen LogP contribution < -0.4 is 10.4 Å². The molecule has 1 aromatic heterocycles. The lowest BCUT2D eigenvalue weighted by molar-refractivity contribution is 0.141. The zero-order chi connectivity index (χ0) is 12.0. The quantitative estimate of drug-likeness (QED) is 0.744. The maximum absolute atomic E-state index is 11.4. The predicted octanol–water partition coefficient (Wildman–Crippen LogP) is 1.32. The first-order valence-corrected chi connectivity index (χ1v) is 5.16. The van der Waals surface area contributed by atoms with Gasteiger partial charge in [-0.1, -0.05) is 6.92 Å². The van der Waals surface area contributed by atoms with Crippen molar-refractivity contribution in [1.29, 1.82) is 0 Å². The Kier molecular flexibility index (Phi) is 4.85. The molecule has 0 amide bonds. The molecule has 1 aromatic rings. The first kappa shape index (κ1) is 12.6. The summed E-state index contributed by atoms with van der Waals surface area (Å²) in [5.74, 6) is 0.122. The zero-order valence-corrected chi connectivity index (χ0v) is 9.49. The summed E-state index contributed by atoms with van der Waals surface area (Å²) in [4.78, 5) is 11.4. The summed E-state index contributed by atoms with van der Waals surface area (Å²) in [6, 6.07) is 1.41. The van der Waals surface area contributed by atoms with E-state index in [1.54, 1.807) is 0 Å². The molecule has 0 aliphatic heterocycles. The highest BCUT2D eigenvalue weighted by Crippen LogP contribution is 2.22. The fourth-order valence-corrected chi connectivity index (χ4v) is 1.25. The van der Waals surface area contributed by atoms with Gasteiger partial charge in [0, 0.05) is 19.6 Å². The fraction of sp³-hybridized carbons (Fsp3) is 0.545. The molecule has 0 atom stereocenters. The molecule has 90 valence electrons.